The predicted octanol–water partition coefficient (Wildman–Crippen LogP) is 6.25. The standard InChI is InChI=1S/C66H64O14Si11/c1-83(55-53-57-33-13-3-14-34-57)70-85(67-81,60-39-19-6-20-40-60)74-90(65-49-29-11-30-50-65)75-86(61-41-21-7-22-42-61)68-82(59-37-17-5-18-38-59)69-87(62-43-23-8-24-44-62)76-88(72-83,63-45-25-9-26-46-63)78-91(80-90,66-51-31-12-32-52-66)79-89(77-87,64-47-27-10-28-48-64)73-84(2,71-86)56-54-58-35-15-4-16-36-58/h3-56,82H,1-2,81H3/t82?,83?,84?,85?,86?,87?,88?,89?,90-,91+/m1/s1. The van der Waals surface area contributed by atoms with E-state index in [0.717, 1.165) is 11.1 Å². The van der Waals surface area contributed by atoms with Gasteiger partial charge in [0.1, 0.15) is 10.5 Å². The molecule has 25 heteroatoms. The van der Waals surface area contributed by atoms with E-state index in [1.54, 1.807) is 0 Å². The van der Waals surface area contributed by atoms with Crippen LogP contribution in [0.1, 0.15) is 11.1 Å². The van der Waals surface area contributed by atoms with E-state index in [2.05, 4.69) is 0 Å². The summed E-state index contributed by atoms with van der Waals surface area (Å²) in [7, 11) is -47.8. The second kappa shape index (κ2) is 25.8. The normalized spacial score (nSPS) is 30.9. The zero-order chi connectivity index (χ0) is 61.9. The summed E-state index contributed by atoms with van der Waals surface area (Å²) >= 11 is 0. The summed E-state index contributed by atoms with van der Waals surface area (Å²) in [5, 5.41) is 4.46. The number of fused-ring (bicyclic) bond motifs is 6. The van der Waals surface area contributed by atoms with Crippen LogP contribution in [-0.2, 0) is 57.6 Å². The molecule has 10 atom stereocenters. The fraction of sp³-hybridized carbons (Fsp3) is 0.0303. The molecule has 0 radical (unpaired) electrons. The average molecular weight is 1390 g/mol. The van der Waals surface area contributed by atoms with Crippen molar-refractivity contribution in [1.82, 2.24) is 0 Å². The lowest BCUT2D eigenvalue weighted by molar-refractivity contribution is 0.0568. The monoisotopic (exact) mass is 1390 g/mol. The van der Waals surface area contributed by atoms with Crippen LogP contribution in [-0.4, -0.2) is 98.5 Å². The minimum atomic E-state index is -5.29. The molecule has 4 aliphatic heterocycles. The van der Waals surface area contributed by atoms with Crippen LogP contribution in [0.25, 0.3) is 12.2 Å². The van der Waals surface area contributed by atoms with Crippen LogP contribution in [0.15, 0.2) is 315 Å². The SMILES string of the molecule is C[Si]1(C=Cc2ccccc2)O[Si](O[SiH3])(c2ccccc2)O[Si@]2(c3ccccc3)O[Si]3(c4ccccc4)O[SiH](c4ccccc4)O[Si]4(c5ccccc5)O[Si](c5ccccc5)(O1)O[Si@@](c1ccccc1)(O[Si](c1ccccc1)(O[Si](C)(C=Cc1ccccc1)O3)O4)O2. The minimum absolute atomic E-state index is 0.0788. The smallest absolute Gasteiger partial charge is 0.422 e. The molecule has 8 unspecified atom stereocenters. The summed E-state index contributed by atoms with van der Waals surface area (Å²) in [5.41, 5.74) is 5.78. The Morgan fingerprint density at radius 2 is 0.516 bits per heavy atom. The van der Waals surface area contributed by atoms with Gasteiger partial charge in [0.05, 0.1) is 0 Å². The maximum absolute atomic E-state index is 8.68. The first-order valence-electron chi connectivity index (χ1n) is 29.9. The molecule has 4 fully saturated rings. The summed E-state index contributed by atoms with van der Waals surface area (Å²) in [4.78, 5) is 0. The highest BCUT2D eigenvalue weighted by atomic mass is 28.6. The number of benzene rings is 10. The van der Waals surface area contributed by atoms with E-state index in [1.165, 1.54) is 0 Å². The third kappa shape index (κ3) is 12.5. The number of hydrogen-bond donors (Lipinski definition) is 0. The first-order valence-corrected chi connectivity index (χ1v) is 49.1. The van der Waals surface area contributed by atoms with Crippen LogP contribution in [0.4, 0.5) is 0 Å². The van der Waals surface area contributed by atoms with Crippen molar-refractivity contribution in [3.05, 3.63) is 326 Å². The van der Waals surface area contributed by atoms with Crippen molar-refractivity contribution in [1.29, 1.82) is 0 Å². The van der Waals surface area contributed by atoms with E-state index in [4.69, 9.17) is 57.6 Å². The molecule has 4 aliphatic rings. The van der Waals surface area contributed by atoms with E-state index in [-0.39, 0.29) is 10.5 Å². The average Bonchev–Trinajstić information content (AvgIpc) is 0.694. The fourth-order valence-electron chi connectivity index (χ4n) is 11.5. The topological polar surface area (TPSA) is 129 Å². The van der Waals surface area contributed by atoms with Crippen molar-refractivity contribution in [2.75, 3.05) is 0 Å². The molecule has 91 heavy (non-hydrogen) atoms. The van der Waals surface area contributed by atoms with Crippen LogP contribution in [0.2, 0.25) is 13.1 Å². The van der Waals surface area contributed by atoms with Gasteiger partial charge in [-0.2, -0.15) is 0 Å². The van der Waals surface area contributed by atoms with Crippen molar-refractivity contribution in [3.63, 3.8) is 0 Å². The van der Waals surface area contributed by atoms with Gasteiger partial charge in [-0.05, 0) is 40.8 Å². The molecule has 6 bridgehead atoms. The van der Waals surface area contributed by atoms with Gasteiger partial charge >= 0.3 is 88.0 Å². The molecule has 0 N–H and O–H groups in total. The lowest BCUT2D eigenvalue weighted by Crippen LogP contribution is -2.89. The van der Waals surface area contributed by atoms with E-state index < -0.39 is 88.0 Å². The summed E-state index contributed by atoms with van der Waals surface area (Å²) in [5.74, 6) is 0. The Morgan fingerprint density at radius 1 is 0.275 bits per heavy atom. The highest BCUT2D eigenvalue weighted by Gasteiger charge is 2.79. The van der Waals surface area contributed by atoms with E-state index in [9.17, 15) is 0 Å². The quantitative estimate of drug-likeness (QED) is 0.121. The molecular weight excluding hydrogens is 1330 g/mol. The number of rotatable bonds is 13. The van der Waals surface area contributed by atoms with Crippen molar-refractivity contribution < 1.29 is 57.6 Å². The molecule has 456 valence electrons. The molecule has 0 aromatic heterocycles. The molecule has 10 aromatic carbocycles. The summed E-state index contributed by atoms with van der Waals surface area (Å²) in [6.45, 7) is 3.97. The summed E-state index contributed by atoms with van der Waals surface area (Å²) < 4.78 is 117. The van der Waals surface area contributed by atoms with Gasteiger partial charge in [0, 0.05) is 36.3 Å². The van der Waals surface area contributed by atoms with Crippen LogP contribution >= 0.6 is 0 Å². The van der Waals surface area contributed by atoms with Gasteiger partial charge in [-0.1, -0.05) is 315 Å². The largest absolute Gasteiger partial charge is 0.515 e. The Bertz CT molecular complexity index is 4140. The Balaban J connectivity index is 1.23. The molecule has 14 nitrogen and oxygen atoms in total. The Labute approximate surface area is 544 Å². The van der Waals surface area contributed by atoms with Gasteiger partial charge in [-0.3, -0.25) is 0 Å². The first-order chi connectivity index (χ1) is 44.4. The van der Waals surface area contributed by atoms with Crippen molar-refractivity contribution in [2.24, 2.45) is 0 Å². The molecule has 10 aromatic rings. The van der Waals surface area contributed by atoms with Crippen molar-refractivity contribution >= 4 is 152 Å². The molecular formula is C66H64O14Si11. The maximum Gasteiger partial charge on any atom is 0.515 e. The number of hydrogen-bond acceptors (Lipinski definition) is 14. The summed E-state index contributed by atoms with van der Waals surface area (Å²) in [6, 6.07) is 98.3. The molecule has 0 aliphatic carbocycles. The Kier molecular flexibility index (Phi) is 17.6. The van der Waals surface area contributed by atoms with E-state index in [1.807, 2.05) is 340 Å². The lowest BCUT2D eigenvalue weighted by Gasteiger charge is -2.57. The highest BCUT2D eigenvalue weighted by molar-refractivity contribution is 7.10. The van der Waals surface area contributed by atoms with Gasteiger partial charge in [0.15, 0.2) is 0 Å². The van der Waals surface area contributed by atoms with Crippen LogP contribution in [0.5, 0.6) is 0 Å². The van der Waals surface area contributed by atoms with Gasteiger partial charge in [0.25, 0.3) is 0 Å². The molecule has 14 rings (SSSR count). The van der Waals surface area contributed by atoms with Crippen molar-refractivity contribution in [3.8, 4) is 0 Å². The second-order valence-corrected chi connectivity index (χ2v) is 52.7. The predicted molar refractivity (Wildman–Crippen MR) is 375 cm³/mol. The fourth-order valence-corrected chi connectivity index (χ4v) is 65.1. The maximum atomic E-state index is 8.68. The van der Waals surface area contributed by atoms with Gasteiger partial charge in [-0.25, -0.2) is 0 Å². The van der Waals surface area contributed by atoms with E-state index >= 15 is 0 Å². The third-order valence-corrected chi connectivity index (χ3v) is 57.7. The van der Waals surface area contributed by atoms with Gasteiger partial charge in [0.2, 0.25) is 0 Å². The van der Waals surface area contributed by atoms with Crippen molar-refractivity contribution in [2.45, 2.75) is 13.1 Å². The lowest BCUT2D eigenvalue weighted by atomic mass is 10.2. The summed E-state index contributed by atoms with van der Waals surface area (Å²) in [6.07, 6.45) is 4.03. The third-order valence-electron chi connectivity index (χ3n) is 15.7. The second-order valence-electron chi connectivity index (χ2n) is 22.3. The van der Waals surface area contributed by atoms with Gasteiger partial charge in [-0.15, -0.1) is 0 Å². The molecule has 0 saturated carbocycles. The zero-order valence-corrected chi connectivity index (χ0v) is 62.1. The van der Waals surface area contributed by atoms with Gasteiger partial charge < -0.3 is 57.6 Å². The minimum Gasteiger partial charge on any atom is -0.422 e. The molecule has 0 spiro atoms. The molecule has 0 amide bonds. The van der Waals surface area contributed by atoms with Crippen LogP contribution in [0, 0.1) is 0 Å². The molecule has 4 heterocycles. The Hall–Kier alpha value is -6.49. The molecule has 4 saturated heterocycles. The Morgan fingerprint density at radius 3 is 0.857 bits per heavy atom. The first kappa shape index (κ1) is 62.0. The van der Waals surface area contributed by atoms with E-state index in [0.29, 0.717) is 41.5 Å². The van der Waals surface area contributed by atoms with Crippen LogP contribution < -0.4 is 41.5 Å². The highest BCUT2D eigenvalue weighted by Crippen LogP contribution is 2.44. The van der Waals surface area contributed by atoms with Crippen LogP contribution in [0.3, 0.4) is 0 Å². The zero-order valence-electron chi connectivity index (χ0n) is 50.0.